The van der Waals surface area contributed by atoms with Crippen LogP contribution in [-0.4, -0.2) is 20.9 Å². The van der Waals surface area contributed by atoms with Crippen LogP contribution < -0.4 is 10.6 Å². The SMILES string of the molecule is Cc1cc(C)nc(Nc2ccc(C(=O)Nc3cccnc3)cc2)n1. The van der Waals surface area contributed by atoms with Crippen molar-refractivity contribution in [2.45, 2.75) is 13.8 Å². The van der Waals surface area contributed by atoms with Gasteiger partial charge in [-0.25, -0.2) is 9.97 Å². The lowest BCUT2D eigenvalue weighted by Gasteiger charge is -2.08. The van der Waals surface area contributed by atoms with Gasteiger partial charge < -0.3 is 10.6 Å². The average molecular weight is 319 g/mol. The molecule has 120 valence electrons. The summed E-state index contributed by atoms with van der Waals surface area (Å²) in [5.74, 6) is 0.359. The molecule has 0 radical (unpaired) electrons. The number of nitrogens with zero attached hydrogens (tertiary/aromatic N) is 3. The number of anilines is 3. The maximum absolute atomic E-state index is 12.2. The molecule has 2 N–H and O–H groups in total. The number of carbonyl (C=O) groups is 1. The van der Waals surface area contributed by atoms with Crippen molar-refractivity contribution in [2.75, 3.05) is 10.6 Å². The molecule has 3 rings (SSSR count). The number of hydrogen-bond acceptors (Lipinski definition) is 5. The number of rotatable bonds is 4. The molecule has 6 heteroatoms. The third-order valence-electron chi connectivity index (χ3n) is 3.30. The molecule has 0 aliphatic rings. The van der Waals surface area contributed by atoms with Crippen LogP contribution >= 0.6 is 0 Å². The van der Waals surface area contributed by atoms with Crippen LogP contribution in [0.1, 0.15) is 21.7 Å². The number of benzene rings is 1. The van der Waals surface area contributed by atoms with E-state index in [9.17, 15) is 4.79 Å². The molecule has 6 nitrogen and oxygen atoms in total. The zero-order chi connectivity index (χ0) is 16.9. The predicted molar refractivity (Wildman–Crippen MR) is 93.4 cm³/mol. The van der Waals surface area contributed by atoms with Gasteiger partial charge in [0.2, 0.25) is 5.95 Å². The molecular formula is C18H17N5O. The lowest BCUT2D eigenvalue weighted by Crippen LogP contribution is -2.11. The van der Waals surface area contributed by atoms with Crippen LogP contribution in [0.25, 0.3) is 0 Å². The molecule has 0 fully saturated rings. The molecule has 24 heavy (non-hydrogen) atoms. The number of amides is 1. The molecule has 0 atom stereocenters. The highest BCUT2D eigenvalue weighted by atomic mass is 16.1. The highest BCUT2D eigenvalue weighted by Gasteiger charge is 2.07. The van der Waals surface area contributed by atoms with Gasteiger partial charge in [-0.3, -0.25) is 9.78 Å². The first-order valence-electron chi connectivity index (χ1n) is 7.51. The van der Waals surface area contributed by atoms with E-state index in [4.69, 9.17) is 0 Å². The smallest absolute Gasteiger partial charge is 0.255 e. The summed E-state index contributed by atoms with van der Waals surface area (Å²) in [5, 5.41) is 5.93. The quantitative estimate of drug-likeness (QED) is 0.769. The predicted octanol–water partition coefficient (Wildman–Crippen LogP) is 3.48. The summed E-state index contributed by atoms with van der Waals surface area (Å²) in [6.07, 6.45) is 3.26. The van der Waals surface area contributed by atoms with Crippen LogP contribution in [0.15, 0.2) is 54.9 Å². The van der Waals surface area contributed by atoms with E-state index < -0.39 is 0 Å². The zero-order valence-corrected chi connectivity index (χ0v) is 13.4. The Morgan fingerprint density at radius 2 is 1.67 bits per heavy atom. The van der Waals surface area contributed by atoms with Crippen LogP contribution in [0.2, 0.25) is 0 Å². The highest BCUT2D eigenvalue weighted by Crippen LogP contribution is 2.16. The number of aromatic nitrogens is 3. The van der Waals surface area contributed by atoms with E-state index in [1.165, 1.54) is 0 Å². The third-order valence-corrected chi connectivity index (χ3v) is 3.30. The Balaban J connectivity index is 1.70. The molecule has 3 aromatic rings. The molecule has 0 unspecified atom stereocenters. The second-order valence-corrected chi connectivity index (χ2v) is 5.37. The van der Waals surface area contributed by atoms with E-state index in [0.717, 1.165) is 17.1 Å². The van der Waals surface area contributed by atoms with Crippen LogP contribution in [0, 0.1) is 13.8 Å². The molecule has 1 amide bonds. The number of carbonyl (C=O) groups excluding carboxylic acids is 1. The molecule has 1 aromatic carbocycles. The number of hydrogen-bond donors (Lipinski definition) is 2. The van der Waals surface area contributed by atoms with Gasteiger partial charge in [0, 0.05) is 28.8 Å². The fourth-order valence-electron chi connectivity index (χ4n) is 2.26. The topological polar surface area (TPSA) is 79.8 Å². The number of aryl methyl sites for hydroxylation is 2. The highest BCUT2D eigenvalue weighted by molar-refractivity contribution is 6.04. The van der Waals surface area contributed by atoms with Gasteiger partial charge in [0.25, 0.3) is 5.91 Å². The van der Waals surface area contributed by atoms with Crippen molar-refractivity contribution < 1.29 is 4.79 Å². The van der Waals surface area contributed by atoms with E-state index in [1.807, 2.05) is 32.0 Å². The van der Waals surface area contributed by atoms with Crippen molar-refractivity contribution in [3.8, 4) is 0 Å². The number of pyridine rings is 1. The van der Waals surface area contributed by atoms with Crippen molar-refractivity contribution >= 4 is 23.2 Å². The molecule has 0 bridgehead atoms. The largest absolute Gasteiger partial charge is 0.324 e. The third kappa shape index (κ3) is 3.92. The first-order valence-corrected chi connectivity index (χ1v) is 7.51. The Bertz CT molecular complexity index is 827. The average Bonchev–Trinajstić information content (AvgIpc) is 2.55. The minimum atomic E-state index is -0.183. The molecule has 0 aliphatic carbocycles. The van der Waals surface area contributed by atoms with Crippen molar-refractivity contribution in [2.24, 2.45) is 0 Å². The molecule has 0 aliphatic heterocycles. The summed E-state index contributed by atoms with van der Waals surface area (Å²) in [4.78, 5) is 24.8. The molecule has 0 saturated heterocycles. The first kappa shape index (κ1) is 15.6. The Hall–Kier alpha value is -3.28. The van der Waals surface area contributed by atoms with Gasteiger partial charge in [-0.2, -0.15) is 0 Å². The van der Waals surface area contributed by atoms with E-state index in [2.05, 4.69) is 25.6 Å². The first-order chi connectivity index (χ1) is 11.6. The summed E-state index contributed by atoms with van der Waals surface area (Å²) in [5.41, 5.74) is 3.84. The van der Waals surface area contributed by atoms with Crippen LogP contribution in [0.5, 0.6) is 0 Å². The van der Waals surface area contributed by atoms with Crippen LogP contribution in [0.3, 0.4) is 0 Å². The van der Waals surface area contributed by atoms with Gasteiger partial charge >= 0.3 is 0 Å². The molecular weight excluding hydrogens is 302 g/mol. The monoisotopic (exact) mass is 319 g/mol. The minimum absolute atomic E-state index is 0.183. The summed E-state index contributed by atoms with van der Waals surface area (Å²) >= 11 is 0. The number of nitrogens with one attached hydrogen (secondary N) is 2. The van der Waals surface area contributed by atoms with Gasteiger partial charge in [0.15, 0.2) is 0 Å². The minimum Gasteiger partial charge on any atom is -0.324 e. The molecule has 0 spiro atoms. The summed E-state index contributed by atoms with van der Waals surface area (Å²) in [6, 6.07) is 12.6. The second kappa shape index (κ2) is 6.87. The molecule has 2 heterocycles. The van der Waals surface area contributed by atoms with Gasteiger partial charge in [0.05, 0.1) is 11.9 Å². The fourth-order valence-corrected chi connectivity index (χ4v) is 2.26. The summed E-state index contributed by atoms with van der Waals surface area (Å²) < 4.78 is 0. The van der Waals surface area contributed by atoms with E-state index in [-0.39, 0.29) is 5.91 Å². The van der Waals surface area contributed by atoms with Gasteiger partial charge in [-0.1, -0.05) is 0 Å². The van der Waals surface area contributed by atoms with E-state index >= 15 is 0 Å². The standard InChI is InChI=1S/C18H17N5O/c1-12-10-13(2)21-18(20-12)23-15-7-5-14(6-8-15)17(24)22-16-4-3-9-19-11-16/h3-11H,1-2H3,(H,22,24)(H,20,21,23). The van der Waals surface area contributed by atoms with Crippen molar-refractivity contribution in [3.05, 3.63) is 71.8 Å². The lowest BCUT2D eigenvalue weighted by molar-refractivity contribution is 0.102. The molecule has 0 saturated carbocycles. The van der Waals surface area contributed by atoms with Gasteiger partial charge in [0.1, 0.15) is 0 Å². The summed E-state index contributed by atoms with van der Waals surface area (Å²) in [7, 11) is 0. The fraction of sp³-hybridized carbons (Fsp3) is 0.111. The maximum atomic E-state index is 12.2. The van der Waals surface area contributed by atoms with E-state index in [1.54, 1.807) is 36.7 Å². The Kier molecular flexibility index (Phi) is 4.47. The van der Waals surface area contributed by atoms with Crippen molar-refractivity contribution in [1.29, 1.82) is 0 Å². The normalized spacial score (nSPS) is 10.2. The zero-order valence-electron chi connectivity index (χ0n) is 13.4. The van der Waals surface area contributed by atoms with Crippen molar-refractivity contribution in [3.63, 3.8) is 0 Å². The lowest BCUT2D eigenvalue weighted by atomic mass is 10.2. The van der Waals surface area contributed by atoms with Crippen LogP contribution in [-0.2, 0) is 0 Å². The second-order valence-electron chi connectivity index (χ2n) is 5.37. The van der Waals surface area contributed by atoms with Gasteiger partial charge in [-0.15, -0.1) is 0 Å². The molecule has 2 aromatic heterocycles. The van der Waals surface area contributed by atoms with E-state index in [0.29, 0.717) is 17.2 Å². The van der Waals surface area contributed by atoms with Gasteiger partial charge in [-0.05, 0) is 56.3 Å². The Morgan fingerprint density at radius 3 is 2.29 bits per heavy atom. The Morgan fingerprint density at radius 1 is 0.958 bits per heavy atom. The Labute approximate surface area is 140 Å². The maximum Gasteiger partial charge on any atom is 0.255 e. The van der Waals surface area contributed by atoms with Crippen LogP contribution in [0.4, 0.5) is 17.3 Å². The summed E-state index contributed by atoms with van der Waals surface area (Å²) in [6.45, 7) is 3.84. The van der Waals surface area contributed by atoms with Crippen molar-refractivity contribution in [1.82, 2.24) is 15.0 Å².